The van der Waals surface area contributed by atoms with E-state index in [-0.39, 0.29) is 18.0 Å². The number of imidazole rings is 1. The highest BCUT2D eigenvalue weighted by Gasteiger charge is 2.39. The van der Waals surface area contributed by atoms with E-state index in [0.717, 1.165) is 6.54 Å². The molecule has 6 heteroatoms. The molecule has 0 aromatic carbocycles. The van der Waals surface area contributed by atoms with Gasteiger partial charge in [0.15, 0.2) is 0 Å². The van der Waals surface area contributed by atoms with Gasteiger partial charge in [0.05, 0.1) is 18.3 Å². The Balaban J connectivity index is 1.88. The zero-order valence-corrected chi connectivity index (χ0v) is 9.89. The van der Waals surface area contributed by atoms with Crippen molar-refractivity contribution in [1.82, 2.24) is 20.2 Å². The third kappa shape index (κ3) is 3.04. The Morgan fingerprint density at radius 2 is 2.47 bits per heavy atom. The van der Waals surface area contributed by atoms with Gasteiger partial charge in [-0.1, -0.05) is 0 Å². The zero-order chi connectivity index (χ0) is 12.3. The molecule has 0 saturated carbocycles. The van der Waals surface area contributed by atoms with E-state index in [2.05, 4.69) is 22.5 Å². The number of carbonyl (C=O) groups is 1. The monoisotopic (exact) mass is 238 g/mol. The van der Waals surface area contributed by atoms with Crippen molar-refractivity contribution in [2.75, 3.05) is 13.1 Å². The number of nitrogens with zero attached hydrogens (tertiary/aromatic N) is 2. The third-order valence-electron chi connectivity index (χ3n) is 3.01. The molecule has 1 aromatic heterocycles. The first kappa shape index (κ1) is 12.1. The van der Waals surface area contributed by atoms with Gasteiger partial charge < -0.3 is 20.3 Å². The Morgan fingerprint density at radius 1 is 1.71 bits per heavy atom. The fraction of sp³-hybridized carbons (Fsp3) is 0.636. The van der Waals surface area contributed by atoms with Crippen molar-refractivity contribution in [3.63, 3.8) is 0 Å². The maximum absolute atomic E-state index is 10.8. The largest absolute Gasteiger partial charge is 0.481 e. The summed E-state index contributed by atoms with van der Waals surface area (Å²) in [6.45, 7) is 4.28. The Labute approximate surface area is 100 Å². The molecular weight excluding hydrogens is 220 g/mol. The Morgan fingerprint density at radius 3 is 2.94 bits per heavy atom. The second-order valence-corrected chi connectivity index (χ2v) is 4.76. The van der Waals surface area contributed by atoms with Crippen molar-refractivity contribution in [2.45, 2.75) is 31.5 Å². The van der Waals surface area contributed by atoms with Gasteiger partial charge >= 0.3 is 5.97 Å². The molecule has 1 aliphatic rings. The van der Waals surface area contributed by atoms with Gasteiger partial charge in [-0.25, -0.2) is 4.98 Å². The van der Waals surface area contributed by atoms with Crippen LogP contribution in [-0.2, 0) is 11.3 Å². The van der Waals surface area contributed by atoms with Crippen LogP contribution in [0.4, 0.5) is 0 Å². The lowest BCUT2D eigenvalue weighted by molar-refractivity contribution is -0.139. The standard InChI is InChI=1S/C11H18N4O2/c1-9(5-15-3-2-12-8-15)14-11(4-10(16)17)6-13-7-11/h2-3,8-9,13-14H,4-7H2,1H3,(H,16,17). The lowest BCUT2D eigenvalue weighted by Crippen LogP contribution is -2.70. The first-order valence-electron chi connectivity index (χ1n) is 5.76. The van der Waals surface area contributed by atoms with Gasteiger partial charge in [-0.2, -0.15) is 0 Å². The van der Waals surface area contributed by atoms with E-state index in [1.54, 1.807) is 12.5 Å². The molecule has 17 heavy (non-hydrogen) atoms. The molecule has 0 amide bonds. The summed E-state index contributed by atoms with van der Waals surface area (Å²) < 4.78 is 1.98. The summed E-state index contributed by atoms with van der Waals surface area (Å²) in [7, 11) is 0. The second kappa shape index (κ2) is 4.85. The molecule has 2 rings (SSSR count). The van der Waals surface area contributed by atoms with Gasteiger partial charge in [-0.05, 0) is 6.92 Å². The quantitative estimate of drug-likeness (QED) is 0.633. The molecular formula is C11H18N4O2. The molecule has 1 fully saturated rings. The highest BCUT2D eigenvalue weighted by atomic mass is 16.4. The molecule has 0 spiro atoms. The van der Waals surface area contributed by atoms with Gasteiger partial charge in [-0.3, -0.25) is 4.79 Å². The molecule has 1 saturated heterocycles. The molecule has 3 N–H and O–H groups in total. The molecule has 6 nitrogen and oxygen atoms in total. The van der Waals surface area contributed by atoms with Gasteiger partial charge in [-0.15, -0.1) is 0 Å². The van der Waals surface area contributed by atoms with E-state index in [0.29, 0.717) is 13.1 Å². The average molecular weight is 238 g/mol. The Kier molecular flexibility index (Phi) is 3.44. The maximum atomic E-state index is 10.8. The topological polar surface area (TPSA) is 79.2 Å². The van der Waals surface area contributed by atoms with Crippen LogP contribution in [0, 0.1) is 0 Å². The molecule has 0 bridgehead atoms. The van der Waals surface area contributed by atoms with E-state index in [9.17, 15) is 4.79 Å². The fourth-order valence-corrected chi connectivity index (χ4v) is 2.27. The van der Waals surface area contributed by atoms with Crippen molar-refractivity contribution < 1.29 is 9.90 Å². The molecule has 1 unspecified atom stereocenters. The smallest absolute Gasteiger partial charge is 0.305 e. The van der Waals surface area contributed by atoms with Crippen LogP contribution in [0.1, 0.15) is 13.3 Å². The summed E-state index contributed by atoms with van der Waals surface area (Å²) in [4.78, 5) is 14.8. The lowest BCUT2D eigenvalue weighted by Gasteiger charge is -2.44. The van der Waals surface area contributed by atoms with Crippen molar-refractivity contribution in [2.24, 2.45) is 0 Å². The number of carboxylic acid groups (broad SMARTS) is 1. The van der Waals surface area contributed by atoms with Crippen LogP contribution in [0.5, 0.6) is 0 Å². The van der Waals surface area contributed by atoms with E-state index >= 15 is 0 Å². The molecule has 1 atom stereocenters. The number of aliphatic carboxylic acids is 1. The summed E-state index contributed by atoms with van der Waals surface area (Å²) in [5.74, 6) is -0.756. The Hall–Kier alpha value is -1.40. The van der Waals surface area contributed by atoms with Gasteiger partial charge in [0.25, 0.3) is 0 Å². The van der Waals surface area contributed by atoms with Crippen LogP contribution >= 0.6 is 0 Å². The minimum atomic E-state index is -0.756. The molecule has 2 heterocycles. The van der Waals surface area contributed by atoms with E-state index in [4.69, 9.17) is 5.11 Å². The van der Waals surface area contributed by atoms with Crippen molar-refractivity contribution in [3.05, 3.63) is 18.7 Å². The van der Waals surface area contributed by atoms with Gasteiger partial charge in [0.2, 0.25) is 0 Å². The fourth-order valence-electron chi connectivity index (χ4n) is 2.27. The predicted molar refractivity (Wildman–Crippen MR) is 62.7 cm³/mol. The SMILES string of the molecule is CC(Cn1ccnc1)NC1(CC(=O)O)CNC1. The van der Waals surface area contributed by atoms with Crippen molar-refractivity contribution >= 4 is 5.97 Å². The molecule has 1 aromatic rings. The number of hydrogen-bond donors (Lipinski definition) is 3. The number of nitrogens with one attached hydrogen (secondary N) is 2. The first-order chi connectivity index (χ1) is 8.10. The van der Waals surface area contributed by atoms with Crippen molar-refractivity contribution in [3.8, 4) is 0 Å². The summed E-state index contributed by atoms with van der Waals surface area (Å²) in [5.41, 5.74) is -0.286. The summed E-state index contributed by atoms with van der Waals surface area (Å²) in [6, 6.07) is 0.214. The Bertz CT molecular complexity index is 373. The zero-order valence-electron chi connectivity index (χ0n) is 9.89. The van der Waals surface area contributed by atoms with Crippen LogP contribution < -0.4 is 10.6 Å². The minimum Gasteiger partial charge on any atom is -0.481 e. The highest BCUT2D eigenvalue weighted by molar-refractivity contribution is 5.68. The van der Waals surface area contributed by atoms with Crippen LogP contribution in [-0.4, -0.2) is 45.3 Å². The number of hydrogen-bond acceptors (Lipinski definition) is 4. The molecule has 0 aliphatic carbocycles. The summed E-state index contributed by atoms with van der Waals surface area (Å²) >= 11 is 0. The average Bonchev–Trinajstić information content (AvgIpc) is 2.66. The lowest BCUT2D eigenvalue weighted by atomic mass is 9.87. The van der Waals surface area contributed by atoms with Crippen LogP contribution in [0.2, 0.25) is 0 Å². The van der Waals surface area contributed by atoms with Crippen LogP contribution in [0.25, 0.3) is 0 Å². The molecule has 94 valence electrons. The van der Waals surface area contributed by atoms with Crippen molar-refractivity contribution in [1.29, 1.82) is 0 Å². The van der Waals surface area contributed by atoms with Gasteiger partial charge in [0.1, 0.15) is 0 Å². The molecule has 0 radical (unpaired) electrons. The number of rotatable bonds is 6. The van der Waals surface area contributed by atoms with Crippen LogP contribution in [0.3, 0.4) is 0 Å². The van der Waals surface area contributed by atoms with E-state index in [1.165, 1.54) is 0 Å². The first-order valence-corrected chi connectivity index (χ1v) is 5.76. The number of carboxylic acids is 1. The van der Waals surface area contributed by atoms with Crippen LogP contribution in [0.15, 0.2) is 18.7 Å². The predicted octanol–water partition coefficient (Wildman–Crippen LogP) is -0.322. The minimum absolute atomic E-state index is 0.161. The number of aromatic nitrogens is 2. The van der Waals surface area contributed by atoms with E-state index < -0.39 is 5.97 Å². The second-order valence-electron chi connectivity index (χ2n) is 4.76. The summed E-state index contributed by atoms with van der Waals surface area (Å²) in [5, 5.41) is 15.4. The van der Waals surface area contributed by atoms with Gasteiger partial charge in [0, 0.05) is 38.1 Å². The summed E-state index contributed by atoms with van der Waals surface area (Å²) in [6.07, 6.45) is 5.57. The highest BCUT2D eigenvalue weighted by Crippen LogP contribution is 2.17. The van der Waals surface area contributed by atoms with E-state index in [1.807, 2.05) is 10.8 Å². The normalized spacial score (nSPS) is 19.6. The third-order valence-corrected chi connectivity index (χ3v) is 3.01. The maximum Gasteiger partial charge on any atom is 0.305 e. The molecule has 1 aliphatic heterocycles.